The standard InChI is InChI=1S/C17H26N2O5/c1-17(2,3)24-16(23)18-13-10-14(21)19(15(13)22)9-8-11-4-6-12(20)7-5-11/h4-7,13-15,20-22H,8-10H2,1-3H3,(H,18,23). The highest BCUT2D eigenvalue weighted by molar-refractivity contribution is 5.68. The van der Waals surface area contributed by atoms with Crippen LogP contribution in [0.4, 0.5) is 4.79 Å². The number of aliphatic hydroxyl groups excluding tert-OH is 2. The highest BCUT2D eigenvalue weighted by atomic mass is 16.6. The van der Waals surface area contributed by atoms with Crippen LogP contribution in [0.3, 0.4) is 0 Å². The summed E-state index contributed by atoms with van der Waals surface area (Å²) in [5, 5.41) is 32.4. The molecule has 1 aromatic carbocycles. The summed E-state index contributed by atoms with van der Waals surface area (Å²) in [5.41, 5.74) is 0.362. The van der Waals surface area contributed by atoms with E-state index in [2.05, 4.69) is 5.32 Å². The number of carbonyl (C=O) groups is 1. The lowest BCUT2D eigenvalue weighted by Crippen LogP contribution is -2.47. The van der Waals surface area contributed by atoms with Gasteiger partial charge in [-0.2, -0.15) is 0 Å². The van der Waals surface area contributed by atoms with Gasteiger partial charge >= 0.3 is 6.09 Å². The van der Waals surface area contributed by atoms with Crippen molar-refractivity contribution in [2.45, 2.75) is 57.7 Å². The Morgan fingerprint density at radius 1 is 1.29 bits per heavy atom. The second-order valence-corrected chi connectivity index (χ2v) is 7.04. The Morgan fingerprint density at radius 2 is 1.92 bits per heavy atom. The Balaban J connectivity index is 1.88. The molecule has 134 valence electrons. The van der Waals surface area contributed by atoms with Gasteiger partial charge in [-0.15, -0.1) is 0 Å². The molecule has 1 fully saturated rings. The summed E-state index contributed by atoms with van der Waals surface area (Å²) < 4.78 is 5.17. The molecule has 1 aliphatic rings. The van der Waals surface area contributed by atoms with Gasteiger partial charge in [-0.3, -0.25) is 4.90 Å². The van der Waals surface area contributed by atoms with E-state index in [1.54, 1.807) is 45.0 Å². The van der Waals surface area contributed by atoms with Crippen LogP contribution in [-0.4, -0.2) is 57.0 Å². The van der Waals surface area contributed by atoms with Crippen molar-refractivity contribution in [3.63, 3.8) is 0 Å². The van der Waals surface area contributed by atoms with Crippen molar-refractivity contribution in [1.29, 1.82) is 0 Å². The Morgan fingerprint density at radius 3 is 2.50 bits per heavy atom. The van der Waals surface area contributed by atoms with E-state index < -0.39 is 30.2 Å². The summed E-state index contributed by atoms with van der Waals surface area (Å²) in [5.74, 6) is 0.196. The number of nitrogens with one attached hydrogen (secondary N) is 1. The number of hydrogen-bond donors (Lipinski definition) is 4. The van der Waals surface area contributed by atoms with Gasteiger partial charge in [-0.25, -0.2) is 4.79 Å². The lowest BCUT2D eigenvalue weighted by Gasteiger charge is -2.26. The fraction of sp³-hybridized carbons (Fsp3) is 0.588. The van der Waals surface area contributed by atoms with Gasteiger partial charge in [-0.1, -0.05) is 12.1 Å². The molecule has 7 nitrogen and oxygen atoms in total. The number of nitrogens with zero attached hydrogens (tertiary/aromatic N) is 1. The summed E-state index contributed by atoms with van der Waals surface area (Å²) in [7, 11) is 0. The van der Waals surface area contributed by atoms with Gasteiger partial charge in [0.1, 0.15) is 23.8 Å². The second kappa shape index (κ2) is 7.38. The van der Waals surface area contributed by atoms with Crippen LogP contribution in [0.2, 0.25) is 0 Å². The molecule has 0 saturated carbocycles. The fourth-order valence-corrected chi connectivity index (χ4v) is 2.69. The summed E-state index contributed by atoms with van der Waals surface area (Å²) in [4.78, 5) is 13.4. The van der Waals surface area contributed by atoms with E-state index >= 15 is 0 Å². The Labute approximate surface area is 141 Å². The van der Waals surface area contributed by atoms with Crippen LogP contribution >= 0.6 is 0 Å². The lowest BCUT2D eigenvalue weighted by atomic mass is 10.1. The van der Waals surface area contributed by atoms with Crippen molar-refractivity contribution in [2.24, 2.45) is 0 Å². The molecule has 0 spiro atoms. The zero-order chi connectivity index (χ0) is 17.9. The van der Waals surface area contributed by atoms with Gasteiger partial charge in [0.05, 0.1) is 6.04 Å². The van der Waals surface area contributed by atoms with Crippen molar-refractivity contribution in [1.82, 2.24) is 10.2 Å². The van der Waals surface area contributed by atoms with Crippen molar-refractivity contribution in [3.8, 4) is 5.75 Å². The quantitative estimate of drug-likeness (QED) is 0.657. The fourth-order valence-electron chi connectivity index (χ4n) is 2.69. The first-order valence-electron chi connectivity index (χ1n) is 8.05. The summed E-state index contributed by atoms with van der Waals surface area (Å²) in [6, 6.07) is 6.19. The molecule has 1 saturated heterocycles. The maximum Gasteiger partial charge on any atom is 0.408 e. The van der Waals surface area contributed by atoms with E-state index in [1.807, 2.05) is 0 Å². The maximum absolute atomic E-state index is 11.8. The van der Waals surface area contributed by atoms with Gasteiger partial charge in [0.2, 0.25) is 0 Å². The number of amides is 1. The maximum atomic E-state index is 11.8. The molecule has 0 radical (unpaired) electrons. The number of aliphatic hydroxyl groups is 2. The third-order valence-corrected chi connectivity index (χ3v) is 3.84. The summed E-state index contributed by atoms with van der Waals surface area (Å²) in [6.07, 6.45) is -1.59. The minimum Gasteiger partial charge on any atom is -0.508 e. The van der Waals surface area contributed by atoms with Crippen LogP contribution in [0.25, 0.3) is 0 Å². The number of likely N-dealkylation sites (tertiary alicyclic amines) is 1. The summed E-state index contributed by atoms with van der Waals surface area (Å²) >= 11 is 0. The predicted octanol–water partition coefficient (Wildman–Crippen LogP) is 1.17. The third kappa shape index (κ3) is 5.09. The van der Waals surface area contributed by atoms with Gasteiger partial charge in [0, 0.05) is 13.0 Å². The number of phenols is 1. The molecule has 1 heterocycles. The van der Waals surface area contributed by atoms with Crippen molar-refractivity contribution in [2.75, 3.05) is 6.54 Å². The van der Waals surface area contributed by atoms with Crippen LogP contribution in [0.15, 0.2) is 24.3 Å². The van der Waals surface area contributed by atoms with Gasteiger partial charge in [-0.05, 0) is 44.9 Å². The zero-order valence-electron chi connectivity index (χ0n) is 14.3. The first-order chi connectivity index (χ1) is 11.2. The van der Waals surface area contributed by atoms with Crippen LogP contribution in [0.5, 0.6) is 5.75 Å². The van der Waals surface area contributed by atoms with E-state index in [9.17, 15) is 20.1 Å². The number of benzene rings is 1. The molecule has 0 aromatic heterocycles. The van der Waals surface area contributed by atoms with Crippen LogP contribution in [0, 0.1) is 0 Å². The van der Waals surface area contributed by atoms with E-state index in [4.69, 9.17) is 4.74 Å². The first-order valence-corrected chi connectivity index (χ1v) is 8.05. The molecule has 24 heavy (non-hydrogen) atoms. The van der Waals surface area contributed by atoms with Gasteiger partial charge < -0.3 is 25.4 Å². The van der Waals surface area contributed by atoms with Crippen molar-refractivity contribution in [3.05, 3.63) is 29.8 Å². The third-order valence-electron chi connectivity index (χ3n) is 3.84. The molecule has 1 aliphatic heterocycles. The van der Waals surface area contributed by atoms with Crippen LogP contribution in [-0.2, 0) is 11.2 Å². The minimum absolute atomic E-state index is 0.196. The van der Waals surface area contributed by atoms with Crippen LogP contribution < -0.4 is 5.32 Å². The van der Waals surface area contributed by atoms with Crippen molar-refractivity contribution < 1.29 is 24.9 Å². The normalized spacial score (nSPS) is 24.8. The number of ether oxygens (including phenoxy) is 1. The highest BCUT2D eigenvalue weighted by Crippen LogP contribution is 2.22. The van der Waals surface area contributed by atoms with Gasteiger partial charge in [0.15, 0.2) is 0 Å². The second-order valence-electron chi connectivity index (χ2n) is 7.04. The van der Waals surface area contributed by atoms with E-state index in [1.165, 1.54) is 4.90 Å². The molecule has 4 N–H and O–H groups in total. The average molecular weight is 338 g/mol. The Hall–Kier alpha value is -1.83. The Bertz CT molecular complexity index is 555. The molecule has 3 atom stereocenters. The molecule has 0 aliphatic carbocycles. The topological polar surface area (TPSA) is 102 Å². The molecule has 1 aromatic rings. The molecule has 7 heteroatoms. The smallest absolute Gasteiger partial charge is 0.408 e. The van der Waals surface area contributed by atoms with Gasteiger partial charge in [0.25, 0.3) is 0 Å². The Kier molecular flexibility index (Phi) is 5.69. The minimum atomic E-state index is -0.982. The largest absolute Gasteiger partial charge is 0.508 e. The van der Waals surface area contributed by atoms with E-state index in [0.29, 0.717) is 13.0 Å². The molecule has 0 bridgehead atoms. The number of rotatable bonds is 4. The molecule has 3 unspecified atom stereocenters. The number of aromatic hydroxyl groups is 1. The van der Waals surface area contributed by atoms with Crippen LogP contribution in [0.1, 0.15) is 32.8 Å². The molecular weight excluding hydrogens is 312 g/mol. The van der Waals surface area contributed by atoms with Crippen molar-refractivity contribution >= 4 is 6.09 Å². The number of hydrogen-bond acceptors (Lipinski definition) is 6. The predicted molar refractivity (Wildman–Crippen MR) is 88.3 cm³/mol. The number of phenolic OH excluding ortho intramolecular Hbond substituents is 1. The number of carbonyl (C=O) groups excluding carboxylic acids is 1. The zero-order valence-corrected chi connectivity index (χ0v) is 14.3. The van der Waals surface area contributed by atoms with E-state index in [0.717, 1.165) is 5.56 Å². The summed E-state index contributed by atoms with van der Waals surface area (Å²) in [6.45, 7) is 5.71. The monoisotopic (exact) mass is 338 g/mol. The van der Waals surface area contributed by atoms with E-state index in [-0.39, 0.29) is 12.2 Å². The molecule has 2 rings (SSSR count). The first kappa shape index (κ1) is 18.5. The average Bonchev–Trinajstić information content (AvgIpc) is 2.71. The molecule has 1 amide bonds. The number of alkyl carbamates (subject to hydrolysis) is 1. The lowest BCUT2D eigenvalue weighted by molar-refractivity contribution is -0.0571. The highest BCUT2D eigenvalue weighted by Gasteiger charge is 2.40. The SMILES string of the molecule is CC(C)(C)OC(=O)NC1CC(O)N(CCc2ccc(O)cc2)C1O. The molecular formula is C17H26N2O5.